The highest BCUT2D eigenvalue weighted by Crippen LogP contribution is 2.37. The van der Waals surface area contributed by atoms with Gasteiger partial charge in [-0.15, -0.1) is 5.10 Å². The number of nitrogens with one attached hydrogen (secondary N) is 1. The van der Waals surface area contributed by atoms with E-state index in [2.05, 4.69) is 45.8 Å². The van der Waals surface area contributed by atoms with Gasteiger partial charge in [-0.1, -0.05) is 48.9 Å². The first kappa shape index (κ1) is 19.1. The van der Waals surface area contributed by atoms with E-state index in [1.165, 1.54) is 6.42 Å². The van der Waals surface area contributed by atoms with E-state index in [1.54, 1.807) is 0 Å². The average molecular weight is 382 g/mol. The molecule has 150 valence electrons. The molecule has 3 saturated heterocycles. The van der Waals surface area contributed by atoms with Crippen LogP contribution >= 0.6 is 0 Å². The van der Waals surface area contributed by atoms with Crippen molar-refractivity contribution in [1.29, 1.82) is 0 Å². The SMILES string of the molecule is CCCCc1cn(C[C@H]2C[C@@H]3CCN2C[C@@H]3C(=O)NCc2ccccc2)nn1. The molecule has 1 unspecified atom stereocenters. The molecule has 1 N–H and O–H groups in total. The first-order valence-electron chi connectivity index (χ1n) is 10.7. The van der Waals surface area contributed by atoms with E-state index in [9.17, 15) is 4.79 Å². The second-order valence-electron chi connectivity index (χ2n) is 8.28. The minimum atomic E-state index is 0.115. The fourth-order valence-corrected chi connectivity index (χ4v) is 4.66. The number of fused-ring (bicyclic) bond motifs is 3. The number of hydrogen-bond acceptors (Lipinski definition) is 4. The van der Waals surface area contributed by atoms with Gasteiger partial charge in [-0.2, -0.15) is 0 Å². The number of carbonyl (C=O) groups is 1. The van der Waals surface area contributed by atoms with Gasteiger partial charge in [0, 0.05) is 25.3 Å². The van der Waals surface area contributed by atoms with E-state index in [4.69, 9.17) is 0 Å². The van der Waals surface area contributed by atoms with Gasteiger partial charge in [-0.25, -0.2) is 0 Å². The Morgan fingerprint density at radius 1 is 1.29 bits per heavy atom. The van der Waals surface area contributed by atoms with Gasteiger partial charge in [0.05, 0.1) is 18.2 Å². The number of carbonyl (C=O) groups excluding carboxylic acids is 1. The number of aryl methyl sites for hydroxylation is 1. The van der Waals surface area contributed by atoms with Crippen molar-refractivity contribution in [2.45, 2.75) is 58.2 Å². The summed E-state index contributed by atoms with van der Waals surface area (Å²) in [4.78, 5) is 15.3. The van der Waals surface area contributed by atoms with Crippen LogP contribution in [0, 0.1) is 11.8 Å². The summed E-state index contributed by atoms with van der Waals surface area (Å²) in [6.07, 6.45) is 7.65. The number of nitrogens with zero attached hydrogens (tertiary/aromatic N) is 4. The van der Waals surface area contributed by atoms with Crippen molar-refractivity contribution in [1.82, 2.24) is 25.2 Å². The van der Waals surface area contributed by atoms with Gasteiger partial charge in [0.25, 0.3) is 0 Å². The molecule has 2 bridgehead atoms. The van der Waals surface area contributed by atoms with Gasteiger partial charge >= 0.3 is 0 Å². The highest BCUT2D eigenvalue weighted by Gasteiger charge is 2.43. The van der Waals surface area contributed by atoms with E-state index < -0.39 is 0 Å². The third-order valence-corrected chi connectivity index (χ3v) is 6.30. The summed E-state index contributed by atoms with van der Waals surface area (Å²) in [6.45, 7) is 5.66. The van der Waals surface area contributed by atoms with Crippen molar-refractivity contribution in [2.75, 3.05) is 13.1 Å². The van der Waals surface area contributed by atoms with Crippen LogP contribution in [0.1, 0.15) is 43.9 Å². The molecule has 4 heterocycles. The summed E-state index contributed by atoms with van der Waals surface area (Å²) in [5.41, 5.74) is 2.25. The van der Waals surface area contributed by atoms with Crippen LogP contribution in [0.4, 0.5) is 0 Å². The molecule has 0 aliphatic carbocycles. The van der Waals surface area contributed by atoms with Gasteiger partial charge in [-0.3, -0.25) is 14.4 Å². The zero-order valence-electron chi connectivity index (χ0n) is 16.8. The lowest BCUT2D eigenvalue weighted by atomic mass is 9.75. The van der Waals surface area contributed by atoms with Crippen LogP contribution in [-0.2, 0) is 24.3 Å². The second-order valence-corrected chi connectivity index (χ2v) is 8.28. The molecule has 0 saturated carbocycles. The Bertz CT molecular complexity index is 774. The fourth-order valence-electron chi connectivity index (χ4n) is 4.66. The van der Waals surface area contributed by atoms with E-state index >= 15 is 0 Å². The average Bonchev–Trinajstić information content (AvgIpc) is 3.19. The zero-order chi connectivity index (χ0) is 19.3. The van der Waals surface area contributed by atoms with Crippen LogP contribution < -0.4 is 5.32 Å². The molecule has 0 radical (unpaired) electrons. The van der Waals surface area contributed by atoms with E-state index in [0.717, 1.165) is 56.6 Å². The Kier molecular flexibility index (Phi) is 6.05. The molecule has 3 aliphatic rings. The highest BCUT2D eigenvalue weighted by molar-refractivity contribution is 5.79. The van der Waals surface area contributed by atoms with Gasteiger partial charge < -0.3 is 5.32 Å². The van der Waals surface area contributed by atoms with Gasteiger partial charge in [-0.05, 0) is 43.7 Å². The van der Waals surface area contributed by atoms with Gasteiger partial charge in [0.1, 0.15) is 0 Å². The van der Waals surface area contributed by atoms with Crippen molar-refractivity contribution >= 4 is 5.91 Å². The summed E-state index contributed by atoms with van der Waals surface area (Å²) in [6, 6.07) is 10.6. The maximum absolute atomic E-state index is 12.8. The fraction of sp³-hybridized carbons (Fsp3) is 0.591. The Morgan fingerprint density at radius 2 is 2.14 bits per heavy atom. The predicted molar refractivity (Wildman–Crippen MR) is 108 cm³/mol. The molecule has 1 amide bonds. The van der Waals surface area contributed by atoms with Crippen LogP contribution in [0.3, 0.4) is 0 Å². The number of hydrogen-bond donors (Lipinski definition) is 1. The van der Waals surface area contributed by atoms with Crippen LogP contribution in [-0.4, -0.2) is 44.9 Å². The number of amides is 1. The second kappa shape index (κ2) is 8.86. The summed E-state index contributed by atoms with van der Waals surface area (Å²) in [5, 5.41) is 11.8. The summed E-state index contributed by atoms with van der Waals surface area (Å²) in [5.74, 6) is 0.804. The molecule has 1 aromatic carbocycles. The molecule has 6 nitrogen and oxygen atoms in total. The van der Waals surface area contributed by atoms with Crippen LogP contribution in [0.25, 0.3) is 0 Å². The summed E-state index contributed by atoms with van der Waals surface area (Å²) in [7, 11) is 0. The first-order valence-corrected chi connectivity index (χ1v) is 10.7. The van der Waals surface area contributed by atoms with Gasteiger partial charge in [0.2, 0.25) is 5.91 Å². The molecule has 28 heavy (non-hydrogen) atoms. The quantitative estimate of drug-likeness (QED) is 0.764. The van der Waals surface area contributed by atoms with E-state index in [0.29, 0.717) is 18.5 Å². The van der Waals surface area contributed by atoms with E-state index in [1.807, 2.05) is 22.9 Å². The molecular formula is C22H31N5O. The van der Waals surface area contributed by atoms with Crippen molar-refractivity contribution in [3.05, 3.63) is 47.8 Å². The Hall–Kier alpha value is -2.21. The maximum atomic E-state index is 12.8. The Labute approximate surface area is 167 Å². The smallest absolute Gasteiger partial charge is 0.224 e. The first-order chi connectivity index (χ1) is 13.7. The lowest BCUT2D eigenvalue weighted by molar-refractivity contribution is -0.133. The molecule has 3 fully saturated rings. The number of unbranched alkanes of at least 4 members (excludes halogenated alkanes) is 1. The van der Waals surface area contributed by atoms with Crippen LogP contribution in [0.2, 0.25) is 0 Å². The lowest BCUT2D eigenvalue weighted by Gasteiger charge is -2.49. The number of piperidine rings is 3. The third kappa shape index (κ3) is 4.43. The van der Waals surface area contributed by atoms with Gasteiger partial charge in [0.15, 0.2) is 0 Å². The molecule has 2 aromatic rings. The predicted octanol–water partition coefficient (Wildman–Crippen LogP) is 2.65. The van der Waals surface area contributed by atoms with Crippen molar-refractivity contribution < 1.29 is 4.79 Å². The normalized spacial score (nSPS) is 26.3. The van der Waals surface area contributed by atoms with Crippen molar-refractivity contribution in [3.8, 4) is 0 Å². The summed E-state index contributed by atoms with van der Waals surface area (Å²) < 4.78 is 2.00. The molecule has 5 rings (SSSR count). The number of benzene rings is 1. The maximum Gasteiger partial charge on any atom is 0.224 e. The monoisotopic (exact) mass is 381 g/mol. The lowest BCUT2D eigenvalue weighted by Crippen LogP contribution is -2.58. The zero-order valence-corrected chi connectivity index (χ0v) is 16.8. The van der Waals surface area contributed by atoms with E-state index in [-0.39, 0.29) is 11.8 Å². The molecule has 4 atom stereocenters. The highest BCUT2D eigenvalue weighted by atomic mass is 16.1. The van der Waals surface area contributed by atoms with Crippen LogP contribution in [0.5, 0.6) is 0 Å². The molecular weight excluding hydrogens is 350 g/mol. The minimum absolute atomic E-state index is 0.115. The number of aromatic nitrogens is 3. The minimum Gasteiger partial charge on any atom is -0.352 e. The standard InChI is InChI=1S/C22H31N5O/c1-2-3-9-19-14-27(25-24-19)15-20-12-18-10-11-26(20)16-21(18)22(28)23-13-17-7-5-4-6-8-17/h4-8,14,18,20-21H,2-3,9-13,15-16H2,1H3,(H,23,28)/t18-,20+,21-/m0/s1. The largest absolute Gasteiger partial charge is 0.352 e. The molecule has 6 heteroatoms. The number of rotatable bonds is 8. The third-order valence-electron chi connectivity index (χ3n) is 6.30. The Balaban J connectivity index is 1.30. The van der Waals surface area contributed by atoms with Crippen LogP contribution in [0.15, 0.2) is 36.5 Å². The molecule has 3 aliphatic heterocycles. The van der Waals surface area contributed by atoms with Crippen molar-refractivity contribution in [3.63, 3.8) is 0 Å². The topological polar surface area (TPSA) is 63.1 Å². The summed E-state index contributed by atoms with van der Waals surface area (Å²) >= 11 is 0. The molecule has 1 aromatic heterocycles. The van der Waals surface area contributed by atoms with Crippen molar-refractivity contribution in [2.24, 2.45) is 11.8 Å². The Morgan fingerprint density at radius 3 is 2.89 bits per heavy atom. The molecule has 0 spiro atoms.